The van der Waals surface area contributed by atoms with Crippen molar-refractivity contribution in [2.45, 2.75) is 84.5 Å². The summed E-state index contributed by atoms with van der Waals surface area (Å²) in [6.45, 7) is 12.4. The fraction of sp³-hybridized carbons (Fsp3) is 0.594. The molecular weight excluding hydrogens is 432 g/mol. The smallest absolute Gasteiger partial charge is 0.147 e. The van der Waals surface area contributed by atoms with E-state index >= 15 is 0 Å². The summed E-state index contributed by atoms with van der Waals surface area (Å²) < 4.78 is 5.49. The number of benzene rings is 1. The lowest BCUT2D eigenvalue weighted by Gasteiger charge is -2.33. The zero-order chi connectivity index (χ0) is 25.9. The highest BCUT2D eigenvalue weighted by molar-refractivity contribution is 5.72. The Morgan fingerprint density at radius 1 is 1.09 bits per heavy atom. The molecular formula is C32H50O3. The summed E-state index contributed by atoms with van der Waals surface area (Å²) in [4.78, 5) is 9.48. The van der Waals surface area contributed by atoms with E-state index in [2.05, 4.69) is 63.4 Å². The molecule has 1 unspecified atom stereocenters. The van der Waals surface area contributed by atoms with Crippen LogP contribution in [-0.2, 0) is 16.0 Å². The molecule has 35 heavy (non-hydrogen) atoms. The van der Waals surface area contributed by atoms with Gasteiger partial charge in [0.05, 0.1) is 6.61 Å². The van der Waals surface area contributed by atoms with Crippen LogP contribution in [0.25, 0.3) is 6.08 Å². The van der Waals surface area contributed by atoms with Crippen molar-refractivity contribution in [1.29, 1.82) is 0 Å². The second-order valence-electron chi connectivity index (χ2n) is 10.3. The van der Waals surface area contributed by atoms with E-state index in [1.54, 1.807) is 0 Å². The van der Waals surface area contributed by atoms with Crippen molar-refractivity contribution in [2.75, 3.05) is 20.3 Å². The van der Waals surface area contributed by atoms with Crippen molar-refractivity contribution in [3.8, 4) is 0 Å². The zero-order valence-electron chi connectivity index (χ0n) is 22.6. The number of carbonyl (C=O) groups excluding carboxylic acids is 1. The number of unbranched alkanes of at least 4 members (excludes halogenated alkanes) is 4. The molecule has 0 aromatic heterocycles. The van der Waals surface area contributed by atoms with Gasteiger partial charge in [0.15, 0.2) is 0 Å². The summed E-state index contributed by atoms with van der Waals surface area (Å²) in [6, 6.07) is 9.24. The predicted octanol–water partition coefficient (Wildman–Crippen LogP) is 7.98. The van der Waals surface area contributed by atoms with E-state index in [-0.39, 0.29) is 12.2 Å². The van der Waals surface area contributed by atoms with E-state index in [0.717, 1.165) is 24.9 Å². The fourth-order valence-corrected chi connectivity index (χ4v) is 4.84. The van der Waals surface area contributed by atoms with Gasteiger partial charge < -0.3 is 9.84 Å². The van der Waals surface area contributed by atoms with Crippen LogP contribution in [0.4, 0.5) is 0 Å². The van der Waals surface area contributed by atoms with Crippen LogP contribution in [-0.4, -0.2) is 31.7 Å². The van der Waals surface area contributed by atoms with Crippen LogP contribution >= 0.6 is 0 Å². The minimum absolute atomic E-state index is 0.218. The third-order valence-corrected chi connectivity index (χ3v) is 6.95. The second kappa shape index (κ2) is 19.2. The number of aryl methyl sites for hydroxylation is 1. The molecule has 0 aliphatic heterocycles. The molecule has 2 rings (SSSR count). The van der Waals surface area contributed by atoms with Gasteiger partial charge in [-0.1, -0.05) is 81.2 Å². The average Bonchev–Trinajstić information content (AvgIpc) is 2.87. The molecule has 0 saturated heterocycles. The topological polar surface area (TPSA) is 46.5 Å². The Kier molecular flexibility index (Phi) is 17.1. The van der Waals surface area contributed by atoms with Gasteiger partial charge in [0, 0.05) is 19.3 Å². The molecule has 1 aliphatic rings. The van der Waals surface area contributed by atoms with Gasteiger partial charge in [-0.15, -0.1) is 6.58 Å². The number of ether oxygens (including phenoxy) is 1. The van der Waals surface area contributed by atoms with Crippen LogP contribution in [0.3, 0.4) is 0 Å². The molecule has 0 radical (unpaired) electrons. The Labute approximate surface area is 215 Å². The van der Waals surface area contributed by atoms with E-state index in [9.17, 15) is 4.79 Å². The molecule has 0 bridgehead atoms. The summed E-state index contributed by atoms with van der Waals surface area (Å²) in [5.74, 6) is 2.18. The first-order valence-electron chi connectivity index (χ1n) is 13.6. The highest BCUT2D eigenvalue weighted by Crippen LogP contribution is 2.36. The lowest BCUT2D eigenvalue weighted by Crippen LogP contribution is -2.24. The Bertz CT molecular complexity index is 739. The standard InChI is InChI=1S/C28H44O.C4H6O2/c1-5-6-7-8-9-10-24-11-13-25(14-12-24)15-16-26-17-19-27(20-18-26)28(22-29-4)21-23(2)3;1-4(2-5)3-6/h11-16,26-28H,2,5-10,17-22H2,1,3-4H3;2,6H,1,3H2/b16-15+;. The van der Waals surface area contributed by atoms with Crippen molar-refractivity contribution in [3.05, 3.63) is 65.8 Å². The molecule has 0 heterocycles. The molecule has 1 aromatic carbocycles. The molecule has 1 saturated carbocycles. The van der Waals surface area contributed by atoms with E-state index in [1.807, 2.05) is 7.11 Å². The zero-order valence-corrected chi connectivity index (χ0v) is 22.6. The van der Waals surface area contributed by atoms with Gasteiger partial charge in [-0.2, -0.15) is 0 Å². The normalized spacial score (nSPS) is 18.5. The van der Waals surface area contributed by atoms with Gasteiger partial charge in [0.1, 0.15) is 6.29 Å². The van der Waals surface area contributed by atoms with Crippen molar-refractivity contribution in [3.63, 3.8) is 0 Å². The molecule has 1 fully saturated rings. The number of hydrogen-bond donors (Lipinski definition) is 1. The first-order valence-corrected chi connectivity index (χ1v) is 13.6. The molecule has 1 atom stereocenters. The van der Waals surface area contributed by atoms with Crippen LogP contribution in [0.2, 0.25) is 0 Å². The third-order valence-electron chi connectivity index (χ3n) is 6.95. The van der Waals surface area contributed by atoms with Crippen LogP contribution in [0, 0.1) is 17.8 Å². The van der Waals surface area contributed by atoms with Crippen molar-refractivity contribution >= 4 is 12.4 Å². The van der Waals surface area contributed by atoms with E-state index in [1.165, 1.54) is 80.9 Å². The second-order valence-corrected chi connectivity index (χ2v) is 10.3. The predicted molar refractivity (Wildman–Crippen MR) is 150 cm³/mol. The van der Waals surface area contributed by atoms with E-state index in [4.69, 9.17) is 9.84 Å². The maximum Gasteiger partial charge on any atom is 0.147 e. The SMILES string of the molecule is C=C(C)CC(COC)C1CCC(/C=C/c2ccc(CCCCCCC)cc2)CC1.C=C(C=O)CO. The monoisotopic (exact) mass is 482 g/mol. The largest absolute Gasteiger partial charge is 0.392 e. The number of aliphatic hydroxyl groups is 1. The fourth-order valence-electron chi connectivity index (χ4n) is 4.84. The summed E-state index contributed by atoms with van der Waals surface area (Å²) in [5.41, 5.74) is 4.34. The van der Waals surface area contributed by atoms with Gasteiger partial charge in [-0.05, 0) is 80.8 Å². The Balaban J connectivity index is 0.000000905. The summed E-state index contributed by atoms with van der Waals surface area (Å²) >= 11 is 0. The molecule has 0 amide bonds. The van der Waals surface area contributed by atoms with E-state index < -0.39 is 0 Å². The molecule has 1 aromatic rings. The Hall–Kier alpha value is -1.97. The molecule has 1 aliphatic carbocycles. The molecule has 3 heteroatoms. The van der Waals surface area contributed by atoms with Gasteiger partial charge >= 0.3 is 0 Å². The van der Waals surface area contributed by atoms with Crippen LogP contribution in [0.1, 0.15) is 89.2 Å². The molecule has 1 N–H and O–H groups in total. The molecule has 0 spiro atoms. The number of methoxy groups -OCH3 is 1. The maximum absolute atomic E-state index is 9.48. The maximum atomic E-state index is 9.48. The minimum atomic E-state index is -0.233. The Morgan fingerprint density at radius 2 is 1.74 bits per heavy atom. The summed E-state index contributed by atoms with van der Waals surface area (Å²) in [5, 5.41) is 8.00. The van der Waals surface area contributed by atoms with Crippen LogP contribution < -0.4 is 0 Å². The first-order chi connectivity index (χ1) is 16.9. The summed E-state index contributed by atoms with van der Waals surface area (Å²) in [6.07, 6.45) is 19.7. The minimum Gasteiger partial charge on any atom is -0.392 e. The highest BCUT2D eigenvalue weighted by atomic mass is 16.5. The van der Waals surface area contributed by atoms with Gasteiger partial charge in [-0.25, -0.2) is 0 Å². The average molecular weight is 483 g/mol. The number of aliphatic hydroxyl groups excluding tert-OH is 1. The first kappa shape index (κ1) is 31.1. The van der Waals surface area contributed by atoms with Gasteiger partial charge in [0.25, 0.3) is 0 Å². The van der Waals surface area contributed by atoms with Gasteiger partial charge in [-0.3, -0.25) is 4.79 Å². The van der Waals surface area contributed by atoms with Gasteiger partial charge in [0.2, 0.25) is 0 Å². The molecule has 196 valence electrons. The Morgan fingerprint density at radius 3 is 2.26 bits per heavy atom. The number of rotatable bonds is 15. The van der Waals surface area contributed by atoms with Crippen molar-refractivity contribution < 1.29 is 14.6 Å². The quantitative estimate of drug-likeness (QED) is 0.119. The van der Waals surface area contributed by atoms with Crippen molar-refractivity contribution in [2.24, 2.45) is 17.8 Å². The number of hydrogen-bond acceptors (Lipinski definition) is 3. The molecule has 3 nitrogen and oxygen atoms in total. The summed E-state index contributed by atoms with van der Waals surface area (Å²) in [7, 11) is 1.83. The van der Waals surface area contributed by atoms with Crippen LogP contribution in [0.15, 0.2) is 54.6 Å². The number of aldehydes is 1. The number of carbonyl (C=O) groups is 1. The lowest BCUT2D eigenvalue weighted by molar-refractivity contribution is -0.105. The highest BCUT2D eigenvalue weighted by Gasteiger charge is 2.26. The van der Waals surface area contributed by atoms with Crippen LogP contribution in [0.5, 0.6) is 0 Å². The van der Waals surface area contributed by atoms with E-state index in [0.29, 0.717) is 12.2 Å². The third kappa shape index (κ3) is 14.2. The number of allylic oxidation sites excluding steroid dienone is 2. The van der Waals surface area contributed by atoms with Crippen molar-refractivity contribution in [1.82, 2.24) is 0 Å². The lowest BCUT2D eigenvalue weighted by atomic mass is 9.74.